The number of para-hydroxylation sites is 1. The first-order valence-electron chi connectivity index (χ1n) is 10.8. The van der Waals surface area contributed by atoms with E-state index < -0.39 is 0 Å². The molecule has 0 aliphatic heterocycles. The summed E-state index contributed by atoms with van der Waals surface area (Å²) in [7, 11) is 0. The number of anilines is 3. The second-order valence-corrected chi connectivity index (χ2v) is 9.25. The quantitative estimate of drug-likeness (QED) is 0.394. The summed E-state index contributed by atoms with van der Waals surface area (Å²) in [5, 5.41) is 0. The summed E-state index contributed by atoms with van der Waals surface area (Å²) >= 11 is 0. The van der Waals surface area contributed by atoms with Gasteiger partial charge in [-0.3, -0.25) is 0 Å². The molecule has 1 heteroatoms. The van der Waals surface area contributed by atoms with Gasteiger partial charge in [-0.1, -0.05) is 84.0 Å². The van der Waals surface area contributed by atoms with Gasteiger partial charge in [0.2, 0.25) is 0 Å². The highest BCUT2D eigenvalue weighted by molar-refractivity contribution is 5.77. The van der Waals surface area contributed by atoms with Crippen molar-refractivity contribution in [1.82, 2.24) is 0 Å². The van der Waals surface area contributed by atoms with Crippen LogP contribution in [0.4, 0.5) is 17.1 Å². The molecule has 0 aliphatic carbocycles. The summed E-state index contributed by atoms with van der Waals surface area (Å²) in [4.78, 5) is 2.38. The van der Waals surface area contributed by atoms with Gasteiger partial charge in [0.15, 0.2) is 0 Å². The molecule has 3 rings (SSSR count). The largest absolute Gasteiger partial charge is 0.310 e. The molecule has 0 spiro atoms. The molecule has 0 bridgehead atoms. The van der Waals surface area contributed by atoms with Crippen LogP contribution in [0.3, 0.4) is 0 Å². The summed E-state index contributed by atoms with van der Waals surface area (Å²) in [5.74, 6) is 0. The van der Waals surface area contributed by atoms with E-state index in [4.69, 9.17) is 0 Å². The summed E-state index contributed by atoms with van der Waals surface area (Å²) in [6.45, 7) is 13.8. The second kappa shape index (κ2) is 8.45. The number of rotatable bonds is 7. The molecule has 0 saturated carbocycles. The predicted molar refractivity (Wildman–Crippen MR) is 128 cm³/mol. The minimum atomic E-state index is 0.157. The third kappa shape index (κ3) is 4.56. The molecular formula is C28H35N. The standard InChI is InChI=1S/C28H35N/c1-7-27(3,4)22-14-12-18-25(20-22)29(24-16-10-9-11-17-24)26-19-13-15-23(21-26)28(5,6)8-2/h9-21H,7-8H2,1-6H3. The van der Waals surface area contributed by atoms with Gasteiger partial charge >= 0.3 is 0 Å². The van der Waals surface area contributed by atoms with Crippen molar-refractivity contribution in [2.75, 3.05) is 4.90 Å². The fraction of sp³-hybridized carbons (Fsp3) is 0.357. The Labute approximate surface area is 177 Å². The molecule has 0 fully saturated rings. The van der Waals surface area contributed by atoms with E-state index in [1.165, 1.54) is 28.2 Å². The molecule has 0 aromatic heterocycles. The van der Waals surface area contributed by atoms with E-state index in [-0.39, 0.29) is 10.8 Å². The van der Waals surface area contributed by atoms with E-state index >= 15 is 0 Å². The van der Waals surface area contributed by atoms with Gasteiger partial charge in [0.05, 0.1) is 0 Å². The zero-order chi connectivity index (χ0) is 21.1. The van der Waals surface area contributed by atoms with Gasteiger partial charge in [0.1, 0.15) is 0 Å². The Balaban J connectivity index is 2.16. The minimum absolute atomic E-state index is 0.157. The Bertz CT molecular complexity index is 878. The molecule has 29 heavy (non-hydrogen) atoms. The normalized spacial score (nSPS) is 12.1. The summed E-state index contributed by atoms with van der Waals surface area (Å²) in [6, 6.07) is 28.7. The Morgan fingerprint density at radius 2 is 0.966 bits per heavy atom. The van der Waals surface area contributed by atoms with Gasteiger partial charge in [-0.25, -0.2) is 0 Å². The highest BCUT2D eigenvalue weighted by Crippen LogP contribution is 2.39. The summed E-state index contributed by atoms with van der Waals surface area (Å²) < 4.78 is 0. The molecule has 3 aromatic carbocycles. The van der Waals surface area contributed by atoms with Crippen molar-refractivity contribution in [1.29, 1.82) is 0 Å². The van der Waals surface area contributed by atoms with Gasteiger partial charge in [-0.05, 0) is 71.2 Å². The van der Waals surface area contributed by atoms with Gasteiger partial charge in [-0.2, -0.15) is 0 Å². The van der Waals surface area contributed by atoms with E-state index in [2.05, 4.69) is 125 Å². The van der Waals surface area contributed by atoms with Crippen molar-refractivity contribution in [3.8, 4) is 0 Å². The lowest BCUT2D eigenvalue weighted by molar-refractivity contribution is 0.506. The Morgan fingerprint density at radius 1 is 0.552 bits per heavy atom. The zero-order valence-corrected chi connectivity index (χ0v) is 18.9. The van der Waals surface area contributed by atoms with Gasteiger partial charge in [0, 0.05) is 17.1 Å². The van der Waals surface area contributed by atoms with Crippen LogP contribution >= 0.6 is 0 Å². The number of nitrogens with zero attached hydrogens (tertiary/aromatic N) is 1. The minimum Gasteiger partial charge on any atom is -0.310 e. The van der Waals surface area contributed by atoms with Crippen LogP contribution in [0.25, 0.3) is 0 Å². The van der Waals surface area contributed by atoms with Crippen molar-refractivity contribution in [3.05, 3.63) is 90.0 Å². The third-order valence-electron chi connectivity index (χ3n) is 6.55. The van der Waals surface area contributed by atoms with Crippen LogP contribution in [-0.2, 0) is 10.8 Å². The monoisotopic (exact) mass is 385 g/mol. The Morgan fingerprint density at radius 3 is 1.38 bits per heavy atom. The van der Waals surface area contributed by atoms with Gasteiger partial charge < -0.3 is 4.90 Å². The highest BCUT2D eigenvalue weighted by Gasteiger charge is 2.22. The molecule has 1 nitrogen and oxygen atoms in total. The zero-order valence-electron chi connectivity index (χ0n) is 18.9. The van der Waals surface area contributed by atoms with E-state index in [1.807, 2.05) is 0 Å². The smallest absolute Gasteiger partial charge is 0.0464 e. The molecule has 0 saturated heterocycles. The average Bonchev–Trinajstić information content (AvgIpc) is 2.75. The second-order valence-electron chi connectivity index (χ2n) is 9.25. The first kappa shape index (κ1) is 21.2. The Hall–Kier alpha value is -2.54. The Kier molecular flexibility index (Phi) is 6.17. The number of hydrogen-bond donors (Lipinski definition) is 0. The fourth-order valence-corrected chi connectivity index (χ4v) is 3.56. The van der Waals surface area contributed by atoms with E-state index in [0.717, 1.165) is 12.8 Å². The number of benzene rings is 3. The van der Waals surface area contributed by atoms with Crippen LogP contribution in [0.5, 0.6) is 0 Å². The fourth-order valence-electron chi connectivity index (χ4n) is 3.56. The van der Waals surface area contributed by atoms with Gasteiger partial charge in [-0.15, -0.1) is 0 Å². The molecule has 0 aliphatic rings. The van der Waals surface area contributed by atoms with Crippen LogP contribution in [0.1, 0.15) is 65.5 Å². The van der Waals surface area contributed by atoms with E-state index in [9.17, 15) is 0 Å². The molecule has 0 heterocycles. The SMILES string of the molecule is CCC(C)(C)c1cccc(N(c2ccccc2)c2cccc(C(C)(C)CC)c2)c1. The maximum atomic E-state index is 2.38. The molecule has 0 atom stereocenters. The molecule has 0 N–H and O–H groups in total. The first-order valence-corrected chi connectivity index (χ1v) is 10.8. The van der Waals surface area contributed by atoms with E-state index in [1.54, 1.807) is 0 Å². The maximum Gasteiger partial charge on any atom is 0.0464 e. The van der Waals surface area contributed by atoms with Crippen LogP contribution in [0.2, 0.25) is 0 Å². The molecule has 0 amide bonds. The van der Waals surface area contributed by atoms with Crippen LogP contribution < -0.4 is 4.90 Å². The van der Waals surface area contributed by atoms with Crippen molar-refractivity contribution < 1.29 is 0 Å². The topological polar surface area (TPSA) is 3.24 Å². The molecule has 0 unspecified atom stereocenters. The molecular weight excluding hydrogens is 350 g/mol. The lowest BCUT2D eigenvalue weighted by Gasteiger charge is -2.30. The number of hydrogen-bond acceptors (Lipinski definition) is 1. The van der Waals surface area contributed by atoms with Crippen molar-refractivity contribution in [2.24, 2.45) is 0 Å². The van der Waals surface area contributed by atoms with Gasteiger partial charge in [0.25, 0.3) is 0 Å². The van der Waals surface area contributed by atoms with Crippen molar-refractivity contribution in [2.45, 2.75) is 65.2 Å². The molecule has 152 valence electrons. The maximum absolute atomic E-state index is 2.38. The van der Waals surface area contributed by atoms with E-state index in [0.29, 0.717) is 0 Å². The molecule has 3 aromatic rings. The summed E-state index contributed by atoms with van der Waals surface area (Å²) in [5.41, 5.74) is 6.68. The summed E-state index contributed by atoms with van der Waals surface area (Å²) in [6.07, 6.45) is 2.23. The highest BCUT2D eigenvalue weighted by atomic mass is 15.1. The van der Waals surface area contributed by atoms with Crippen LogP contribution in [-0.4, -0.2) is 0 Å². The molecule has 0 radical (unpaired) electrons. The van der Waals surface area contributed by atoms with Crippen LogP contribution in [0.15, 0.2) is 78.9 Å². The lowest BCUT2D eigenvalue weighted by Crippen LogP contribution is -2.18. The lowest BCUT2D eigenvalue weighted by atomic mass is 9.81. The van der Waals surface area contributed by atoms with Crippen molar-refractivity contribution in [3.63, 3.8) is 0 Å². The van der Waals surface area contributed by atoms with Crippen LogP contribution in [0, 0.1) is 0 Å². The first-order chi connectivity index (χ1) is 13.8. The third-order valence-corrected chi connectivity index (χ3v) is 6.55. The average molecular weight is 386 g/mol. The van der Waals surface area contributed by atoms with Crippen molar-refractivity contribution >= 4 is 17.1 Å². The predicted octanol–water partition coefficient (Wildman–Crippen LogP) is 8.53.